The second-order valence-corrected chi connectivity index (χ2v) is 4.32. The van der Waals surface area contributed by atoms with Crippen molar-refractivity contribution in [2.75, 3.05) is 14.2 Å². The van der Waals surface area contributed by atoms with Crippen molar-refractivity contribution < 1.29 is 42.5 Å². The molecule has 0 unspecified atom stereocenters. The zero-order valence-corrected chi connectivity index (χ0v) is 13.8. The molecule has 1 rings (SSSR count). The highest BCUT2D eigenvalue weighted by Crippen LogP contribution is 2.08. The Morgan fingerprint density at radius 1 is 0.923 bits per heavy atom. The van der Waals surface area contributed by atoms with Gasteiger partial charge in [0.05, 0.1) is 14.2 Å². The summed E-state index contributed by atoms with van der Waals surface area (Å²) in [5.74, 6) is -3.81. The third kappa shape index (κ3) is 7.25. The third-order valence-corrected chi connectivity index (χ3v) is 2.53. The maximum absolute atomic E-state index is 11.8. The first-order valence-corrected chi connectivity index (χ1v) is 6.88. The summed E-state index contributed by atoms with van der Waals surface area (Å²) in [5.41, 5.74) is -0.716. The van der Waals surface area contributed by atoms with Gasteiger partial charge in [0.25, 0.3) is 0 Å². The molecule has 1 heterocycles. The van der Waals surface area contributed by atoms with Crippen molar-refractivity contribution in [2.45, 2.75) is 6.61 Å². The summed E-state index contributed by atoms with van der Waals surface area (Å²) >= 11 is 0. The summed E-state index contributed by atoms with van der Waals surface area (Å²) in [6.45, 7) is -0.393. The van der Waals surface area contributed by atoms with E-state index in [0.29, 0.717) is 0 Å². The van der Waals surface area contributed by atoms with Crippen LogP contribution < -0.4 is 10.2 Å². The van der Waals surface area contributed by atoms with E-state index in [4.69, 9.17) is 9.15 Å². The molecule has 10 nitrogen and oxygen atoms in total. The summed E-state index contributed by atoms with van der Waals surface area (Å²) in [4.78, 5) is 56.2. The molecule has 0 spiro atoms. The molecule has 10 heteroatoms. The van der Waals surface area contributed by atoms with Crippen LogP contribution in [0.2, 0.25) is 0 Å². The topological polar surface area (TPSA) is 135 Å². The fraction of sp³-hybridized carbons (Fsp3) is 0.188. The molecule has 0 aliphatic carbocycles. The van der Waals surface area contributed by atoms with Crippen LogP contribution in [0, 0.1) is 0 Å². The third-order valence-electron chi connectivity index (χ3n) is 2.53. The van der Waals surface area contributed by atoms with Crippen molar-refractivity contribution in [1.29, 1.82) is 0 Å². The van der Waals surface area contributed by atoms with Crippen molar-refractivity contribution in [3.05, 3.63) is 52.6 Å². The van der Waals surface area contributed by atoms with E-state index in [2.05, 4.69) is 14.2 Å². The van der Waals surface area contributed by atoms with Gasteiger partial charge in [-0.15, -0.1) is 0 Å². The highest BCUT2D eigenvalue weighted by Gasteiger charge is 2.10. The maximum Gasteiger partial charge on any atom is 0.336 e. The Morgan fingerprint density at radius 3 is 2.00 bits per heavy atom. The second kappa shape index (κ2) is 10.2. The molecule has 0 bridgehead atoms. The van der Waals surface area contributed by atoms with Crippen LogP contribution >= 0.6 is 0 Å². The van der Waals surface area contributed by atoms with Gasteiger partial charge in [0.15, 0.2) is 0 Å². The minimum Gasteiger partial charge on any atom is -0.466 e. The van der Waals surface area contributed by atoms with Crippen LogP contribution in [0.25, 0.3) is 0 Å². The van der Waals surface area contributed by atoms with Crippen LogP contribution in [0.15, 0.2) is 45.8 Å². The van der Waals surface area contributed by atoms with Gasteiger partial charge in [0.2, 0.25) is 11.2 Å². The lowest BCUT2D eigenvalue weighted by atomic mass is 10.4. The van der Waals surface area contributed by atoms with Crippen LogP contribution in [0.4, 0.5) is 0 Å². The molecule has 0 atom stereocenters. The predicted octanol–water partition coefficient (Wildman–Crippen LogP) is 0.0468. The molecule has 0 N–H and O–H groups in total. The molecule has 0 radical (unpaired) electrons. The van der Waals surface area contributed by atoms with Gasteiger partial charge < -0.3 is 23.4 Å². The molecule has 26 heavy (non-hydrogen) atoms. The Bertz CT molecular complexity index is 799. The molecule has 0 saturated carbocycles. The molecule has 0 aliphatic heterocycles. The van der Waals surface area contributed by atoms with E-state index < -0.39 is 41.7 Å². The van der Waals surface area contributed by atoms with Crippen LogP contribution in [-0.4, -0.2) is 38.1 Å². The summed E-state index contributed by atoms with van der Waals surface area (Å²) < 4.78 is 23.0. The van der Waals surface area contributed by atoms with Gasteiger partial charge in [-0.1, -0.05) is 0 Å². The molecular formula is C16H14O10. The predicted molar refractivity (Wildman–Crippen MR) is 82.7 cm³/mol. The van der Waals surface area contributed by atoms with Crippen LogP contribution in [0.5, 0.6) is 5.75 Å². The maximum atomic E-state index is 11.8. The van der Waals surface area contributed by atoms with Gasteiger partial charge in [-0.3, -0.25) is 4.79 Å². The highest BCUT2D eigenvalue weighted by atomic mass is 16.6. The normalized spacial score (nSPS) is 10.5. The number of carbonyl (C=O) groups excluding carboxylic acids is 4. The number of hydrogen-bond donors (Lipinski definition) is 0. The van der Waals surface area contributed by atoms with Crippen molar-refractivity contribution in [2.24, 2.45) is 0 Å². The molecule has 0 aliphatic rings. The van der Waals surface area contributed by atoms with Gasteiger partial charge in [-0.2, -0.15) is 0 Å². The van der Waals surface area contributed by atoms with Crippen molar-refractivity contribution >= 4 is 23.9 Å². The number of rotatable bonds is 7. The van der Waals surface area contributed by atoms with Crippen LogP contribution in [0.3, 0.4) is 0 Å². The molecule has 1 aromatic heterocycles. The average Bonchev–Trinajstić information content (AvgIpc) is 2.64. The minimum atomic E-state index is -0.991. The van der Waals surface area contributed by atoms with Gasteiger partial charge >= 0.3 is 23.9 Å². The Balaban J connectivity index is 2.63. The zero-order valence-electron chi connectivity index (χ0n) is 13.8. The van der Waals surface area contributed by atoms with E-state index in [1.165, 1.54) is 0 Å². The second-order valence-electron chi connectivity index (χ2n) is 4.32. The standard InChI is InChI=1S/C16H14O10/c1-22-13(18)3-5-15(20)25-8-10-7-11(17)12(9-24-10)26-16(21)6-4-14(19)23-2/h3-7,9H,8H2,1-2H3/b5-3+,6-4+. The first-order valence-electron chi connectivity index (χ1n) is 6.88. The van der Waals surface area contributed by atoms with Gasteiger partial charge in [-0.25, -0.2) is 19.2 Å². The van der Waals surface area contributed by atoms with Crippen LogP contribution in [-0.2, 0) is 40.0 Å². The highest BCUT2D eigenvalue weighted by molar-refractivity contribution is 5.92. The average molecular weight is 366 g/mol. The zero-order chi connectivity index (χ0) is 19.5. The quantitative estimate of drug-likeness (QED) is 0.370. The smallest absolute Gasteiger partial charge is 0.336 e. The van der Waals surface area contributed by atoms with Gasteiger partial charge in [0, 0.05) is 30.4 Å². The van der Waals surface area contributed by atoms with Crippen molar-refractivity contribution in [1.82, 2.24) is 0 Å². The van der Waals surface area contributed by atoms with E-state index >= 15 is 0 Å². The molecular weight excluding hydrogens is 352 g/mol. The van der Waals surface area contributed by atoms with Gasteiger partial charge in [0.1, 0.15) is 18.6 Å². The van der Waals surface area contributed by atoms with E-state index in [9.17, 15) is 24.0 Å². The van der Waals surface area contributed by atoms with Gasteiger partial charge in [-0.05, 0) is 0 Å². The van der Waals surface area contributed by atoms with E-state index in [0.717, 1.165) is 50.9 Å². The molecule has 0 amide bonds. The SMILES string of the molecule is COC(=O)/C=C/C(=O)OCc1cc(=O)c(OC(=O)/C=C/C(=O)OC)co1. The molecule has 0 saturated heterocycles. The Kier molecular flexibility index (Phi) is 8.01. The lowest BCUT2D eigenvalue weighted by molar-refractivity contribution is -0.140. The Labute approximate surface area is 146 Å². The van der Waals surface area contributed by atoms with E-state index in [1.807, 2.05) is 0 Å². The summed E-state index contributed by atoms with van der Waals surface area (Å²) in [6.07, 6.45) is 4.14. The Morgan fingerprint density at radius 2 is 1.46 bits per heavy atom. The fourth-order valence-corrected chi connectivity index (χ4v) is 1.33. The first kappa shape index (κ1) is 20.4. The van der Waals surface area contributed by atoms with Crippen molar-refractivity contribution in [3.8, 4) is 5.75 Å². The lowest BCUT2D eigenvalue weighted by Gasteiger charge is -2.03. The summed E-state index contributed by atoms with van der Waals surface area (Å²) in [6, 6.07) is 0.948. The van der Waals surface area contributed by atoms with E-state index in [1.54, 1.807) is 0 Å². The first-order chi connectivity index (χ1) is 12.3. The number of hydrogen-bond acceptors (Lipinski definition) is 10. The number of ether oxygens (including phenoxy) is 4. The number of methoxy groups -OCH3 is 2. The number of carbonyl (C=O) groups is 4. The monoisotopic (exact) mass is 366 g/mol. The summed E-state index contributed by atoms with van der Waals surface area (Å²) in [5, 5.41) is 0. The molecule has 1 aromatic rings. The summed E-state index contributed by atoms with van der Waals surface area (Å²) in [7, 11) is 2.27. The molecule has 0 aromatic carbocycles. The van der Waals surface area contributed by atoms with E-state index in [-0.39, 0.29) is 5.76 Å². The van der Waals surface area contributed by atoms with Crippen molar-refractivity contribution in [3.63, 3.8) is 0 Å². The largest absolute Gasteiger partial charge is 0.466 e. The van der Waals surface area contributed by atoms with Crippen LogP contribution in [0.1, 0.15) is 5.76 Å². The fourth-order valence-electron chi connectivity index (χ4n) is 1.33. The molecule has 138 valence electrons. The number of esters is 4. The Hall–Kier alpha value is -3.69. The minimum absolute atomic E-state index is 0.0280. The molecule has 0 fully saturated rings. The lowest BCUT2D eigenvalue weighted by Crippen LogP contribution is -2.13.